The second kappa shape index (κ2) is 27.3. The maximum absolute atomic E-state index is 12.8. The number of carbonyl (C=O) groups is 3. The SMILES string of the molecule is COCCOCCCN1/C(=C/C=C/C=C/C=C/C2=[N+](CCOCCOC)c3ccc4c(SOO[O-])cc(S(=O)(=O)[O-])cc4c3C2(C)C)C(C)(CCCCCC(=O)ON2C(=O)CCC2=O)c2c1ccc1c(S(=O)(=O)[O-])cc(S(=O)(=O)[O-])cc21. The molecule has 27 heteroatoms. The standard InChI is InChI=1S/C55H65N3O20S4/c1-54(2)47(57(26-28-75-32-30-73-5)43-20-18-39-41(52(43)54)33-37(80(63,64)65)35-45(39)79-78-77-62)15-10-7-6-8-11-16-48-55(3,24-13-9-12-17-51(61)76-58-49(59)22-23-50(58)60)53-42-34-38(81(66,67)68)36-46(82(69,70)71)40(42)19-21-44(53)56(48)25-14-27-74-31-29-72-4/h6-8,10-11,15-16,18-21,33-36H,9,12-14,17,22-32H2,1-5H3,(H3-,62,63,64,65,66,67,68,69,70,71)/p-3. The van der Waals surface area contributed by atoms with Gasteiger partial charge in [0, 0.05) is 86.0 Å². The average molecular weight is 1210 g/mol. The Morgan fingerprint density at radius 2 is 1.32 bits per heavy atom. The Labute approximate surface area is 480 Å². The van der Waals surface area contributed by atoms with E-state index in [9.17, 15) is 58.6 Å². The predicted molar refractivity (Wildman–Crippen MR) is 293 cm³/mol. The van der Waals surface area contributed by atoms with Gasteiger partial charge in [-0.15, -0.1) is 5.06 Å². The van der Waals surface area contributed by atoms with E-state index in [4.69, 9.17) is 23.8 Å². The largest absolute Gasteiger partial charge is 0.744 e. The Bertz CT molecular complexity index is 3580. The summed E-state index contributed by atoms with van der Waals surface area (Å²) in [5, 5.41) is 15.8. The molecule has 0 spiro atoms. The highest BCUT2D eigenvalue weighted by Gasteiger charge is 2.47. The number of unbranched alkanes of at least 4 members (excludes halogenated alkanes) is 2. The molecule has 444 valence electrons. The maximum Gasteiger partial charge on any atom is 0.333 e. The van der Waals surface area contributed by atoms with Crippen molar-refractivity contribution in [2.24, 2.45) is 0 Å². The van der Waals surface area contributed by atoms with E-state index >= 15 is 0 Å². The molecule has 3 aliphatic rings. The quantitative estimate of drug-likeness (QED) is 0.00855. The zero-order valence-corrected chi connectivity index (χ0v) is 48.9. The second-order valence-corrected chi connectivity index (χ2v) is 24.9. The van der Waals surface area contributed by atoms with E-state index in [0.717, 1.165) is 17.8 Å². The van der Waals surface area contributed by atoms with Gasteiger partial charge in [0.2, 0.25) is 5.69 Å². The lowest BCUT2D eigenvalue weighted by atomic mass is 9.75. The predicted octanol–water partition coefficient (Wildman–Crippen LogP) is 5.92. The van der Waals surface area contributed by atoms with Crippen molar-refractivity contribution in [2.75, 3.05) is 71.9 Å². The summed E-state index contributed by atoms with van der Waals surface area (Å²) in [6.07, 6.45) is 14.3. The summed E-state index contributed by atoms with van der Waals surface area (Å²) in [5.41, 5.74) is 1.96. The summed E-state index contributed by atoms with van der Waals surface area (Å²) in [4.78, 5) is 41.7. The maximum atomic E-state index is 12.8. The molecule has 3 heterocycles. The molecule has 3 aliphatic heterocycles. The molecule has 0 saturated carbocycles. The normalized spacial score (nSPS) is 18.1. The van der Waals surface area contributed by atoms with Gasteiger partial charge in [-0.3, -0.25) is 14.6 Å². The first kappa shape index (κ1) is 63.8. The van der Waals surface area contributed by atoms with Gasteiger partial charge in [-0.05, 0) is 110 Å². The fourth-order valence-corrected chi connectivity index (χ4v) is 13.1. The zero-order chi connectivity index (χ0) is 59.6. The summed E-state index contributed by atoms with van der Waals surface area (Å²) < 4.78 is 142. The van der Waals surface area contributed by atoms with Crippen LogP contribution in [-0.4, -0.2) is 139 Å². The number of allylic oxidation sites excluding steroid dienone is 8. The molecule has 0 aromatic heterocycles. The highest BCUT2D eigenvalue weighted by molar-refractivity contribution is 7.94. The van der Waals surface area contributed by atoms with Crippen molar-refractivity contribution in [3.05, 3.63) is 108 Å². The summed E-state index contributed by atoms with van der Waals surface area (Å²) in [5.74, 6) is -2.00. The minimum Gasteiger partial charge on any atom is -0.744 e. The van der Waals surface area contributed by atoms with Crippen LogP contribution in [0.2, 0.25) is 0 Å². The fourth-order valence-electron chi connectivity index (χ4n) is 10.7. The van der Waals surface area contributed by atoms with Crippen LogP contribution in [0.25, 0.3) is 21.5 Å². The molecule has 1 unspecified atom stereocenters. The molecule has 0 radical (unpaired) electrons. The summed E-state index contributed by atoms with van der Waals surface area (Å²) >= 11 is 0.468. The molecular formula is C55H62N3O20S4-3. The van der Waals surface area contributed by atoms with Crippen LogP contribution in [0.1, 0.15) is 83.3 Å². The van der Waals surface area contributed by atoms with Crippen molar-refractivity contribution in [3.63, 3.8) is 0 Å². The van der Waals surface area contributed by atoms with Crippen LogP contribution in [0, 0.1) is 0 Å². The van der Waals surface area contributed by atoms with Gasteiger partial charge >= 0.3 is 5.97 Å². The molecule has 0 aliphatic carbocycles. The molecule has 1 atom stereocenters. The average Bonchev–Trinajstić information content (AvgIpc) is 3.87. The Hall–Kier alpha value is -5.76. The number of hydroxylamine groups is 2. The number of methoxy groups -OCH3 is 2. The topological polar surface area (TPSA) is 320 Å². The highest BCUT2D eigenvalue weighted by Crippen LogP contribution is 2.54. The van der Waals surface area contributed by atoms with Crippen molar-refractivity contribution in [3.8, 4) is 0 Å². The smallest absolute Gasteiger partial charge is 0.333 e. The van der Waals surface area contributed by atoms with Crippen LogP contribution in [0.4, 0.5) is 11.4 Å². The van der Waals surface area contributed by atoms with E-state index in [1.54, 1.807) is 50.7 Å². The first-order valence-corrected chi connectivity index (χ1v) is 30.9. The van der Waals surface area contributed by atoms with E-state index in [-0.39, 0.29) is 48.0 Å². The molecule has 2 amide bonds. The molecule has 0 bridgehead atoms. The third-order valence-corrected chi connectivity index (χ3v) is 17.5. The molecule has 1 saturated heterocycles. The lowest BCUT2D eigenvalue weighted by molar-refractivity contribution is -0.777. The number of hydrogen-bond acceptors (Lipinski definition) is 22. The molecular weight excluding hydrogens is 1150 g/mol. The Morgan fingerprint density at radius 1 is 0.695 bits per heavy atom. The molecule has 23 nitrogen and oxygen atoms in total. The number of nitrogens with zero attached hydrogens (tertiary/aromatic N) is 3. The van der Waals surface area contributed by atoms with Gasteiger partial charge < -0.3 is 47.6 Å². The number of ether oxygens (including phenoxy) is 4. The van der Waals surface area contributed by atoms with E-state index in [2.05, 4.69) is 9.37 Å². The van der Waals surface area contributed by atoms with Gasteiger partial charge in [0.15, 0.2) is 12.3 Å². The van der Waals surface area contributed by atoms with Crippen molar-refractivity contribution in [1.82, 2.24) is 5.06 Å². The number of rotatable bonds is 30. The number of anilines is 1. The van der Waals surface area contributed by atoms with Crippen LogP contribution >= 0.6 is 12.0 Å². The van der Waals surface area contributed by atoms with Gasteiger partial charge in [0.1, 0.15) is 37.0 Å². The first-order chi connectivity index (χ1) is 38.9. The second-order valence-electron chi connectivity index (χ2n) is 20.0. The van der Waals surface area contributed by atoms with Crippen molar-refractivity contribution in [1.29, 1.82) is 0 Å². The van der Waals surface area contributed by atoms with Crippen LogP contribution in [-0.2, 0) is 88.7 Å². The van der Waals surface area contributed by atoms with Gasteiger partial charge in [-0.25, -0.2) is 30.0 Å². The van der Waals surface area contributed by atoms with Gasteiger partial charge in [-0.1, -0.05) is 49.3 Å². The van der Waals surface area contributed by atoms with Gasteiger partial charge in [0.05, 0.1) is 58.6 Å². The van der Waals surface area contributed by atoms with Crippen molar-refractivity contribution >= 4 is 98.8 Å². The molecule has 0 N–H and O–H groups in total. The van der Waals surface area contributed by atoms with Crippen LogP contribution < -0.4 is 10.2 Å². The fraction of sp³-hybridized carbons (Fsp3) is 0.418. The number of carbonyl (C=O) groups excluding carboxylic acids is 3. The Kier molecular flexibility index (Phi) is 21.2. The molecule has 7 rings (SSSR count). The third kappa shape index (κ3) is 14.6. The van der Waals surface area contributed by atoms with Crippen molar-refractivity contribution < 1.29 is 96.3 Å². The van der Waals surface area contributed by atoms with E-state index < -0.39 is 73.7 Å². The van der Waals surface area contributed by atoms with Crippen LogP contribution in [0.15, 0.2) is 116 Å². The van der Waals surface area contributed by atoms with Gasteiger partial charge in [-0.2, -0.15) is 8.91 Å². The summed E-state index contributed by atoms with van der Waals surface area (Å²) in [7, 11) is -12.5. The summed E-state index contributed by atoms with van der Waals surface area (Å²) in [6.45, 7) is 8.45. The lowest BCUT2D eigenvalue weighted by Gasteiger charge is -2.31. The molecule has 1 fully saturated rings. The number of amides is 2. The minimum absolute atomic E-state index is 0.0600. The number of hydrogen-bond donors (Lipinski definition) is 0. The minimum atomic E-state index is -5.33. The lowest BCUT2D eigenvalue weighted by Crippen LogP contribution is -2.32. The molecule has 82 heavy (non-hydrogen) atoms. The molecule has 4 aromatic carbocycles. The monoisotopic (exact) mass is 1210 g/mol. The van der Waals surface area contributed by atoms with Crippen LogP contribution in [0.3, 0.4) is 0 Å². The Balaban J connectivity index is 1.26. The number of benzene rings is 4. The van der Waals surface area contributed by atoms with Crippen LogP contribution in [0.5, 0.6) is 0 Å². The Morgan fingerprint density at radius 3 is 1.96 bits per heavy atom. The zero-order valence-electron chi connectivity index (χ0n) is 45.6. The highest BCUT2D eigenvalue weighted by atomic mass is 32.2. The van der Waals surface area contributed by atoms with E-state index in [0.29, 0.717) is 134 Å². The van der Waals surface area contributed by atoms with E-state index in [1.165, 1.54) is 12.1 Å². The first-order valence-electron chi connectivity index (χ1n) is 26.0. The number of imide groups is 1. The summed E-state index contributed by atoms with van der Waals surface area (Å²) in [6, 6.07) is 10.7. The van der Waals surface area contributed by atoms with Crippen molar-refractivity contribution in [2.45, 2.75) is 103 Å². The van der Waals surface area contributed by atoms with E-state index in [1.807, 2.05) is 54.5 Å². The number of fused-ring (bicyclic) bond motifs is 6. The van der Waals surface area contributed by atoms with Gasteiger partial charge in [0.25, 0.3) is 11.8 Å². The third-order valence-electron chi connectivity index (χ3n) is 14.3. The molecule has 4 aromatic rings.